The number of hydrogen-bond donors (Lipinski definition) is 3. The van der Waals surface area contributed by atoms with Crippen molar-refractivity contribution < 1.29 is 29.3 Å². The molecule has 0 rings (SSSR count). The number of allylic oxidation sites excluding steroid dienone is 4. The van der Waals surface area contributed by atoms with Crippen LogP contribution in [0.4, 0.5) is 0 Å². The fraction of sp³-hybridized carbons (Fsp3) is 0.500. The fourth-order valence-electron chi connectivity index (χ4n) is 1.86. The second kappa shape index (κ2) is 13.4. The highest BCUT2D eigenvalue weighted by Gasteiger charge is 2.20. The lowest BCUT2D eigenvalue weighted by molar-refractivity contribution is -0.141. The SMILES string of the molecule is CCC(CSC[C@H](N)C(=O)O)C(=O)C(/C=C\C(OCC(=O)O)=C(C)C)=C\Cl. The lowest BCUT2D eigenvalue weighted by Gasteiger charge is -2.15. The van der Waals surface area contributed by atoms with Crippen molar-refractivity contribution in [1.29, 1.82) is 0 Å². The summed E-state index contributed by atoms with van der Waals surface area (Å²) in [6.07, 6.45) is 3.54. The number of rotatable bonds is 13. The molecule has 7 nitrogen and oxygen atoms in total. The van der Waals surface area contributed by atoms with E-state index in [0.29, 0.717) is 17.9 Å². The zero-order valence-electron chi connectivity index (χ0n) is 15.6. The third-order valence-corrected chi connectivity index (χ3v) is 4.93. The Labute approximate surface area is 168 Å². The van der Waals surface area contributed by atoms with Gasteiger partial charge in [0.25, 0.3) is 0 Å². The van der Waals surface area contributed by atoms with Crippen molar-refractivity contribution in [3.8, 4) is 0 Å². The minimum atomic E-state index is -1.10. The number of carbonyl (C=O) groups is 3. The summed E-state index contributed by atoms with van der Waals surface area (Å²) in [6, 6.07) is -0.975. The number of Topliss-reactive ketones (excluding diaryl/α,β-unsaturated/α-hetero) is 1. The minimum absolute atomic E-state index is 0.188. The zero-order valence-corrected chi connectivity index (χ0v) is 17.2. The molecule has 0 aliphatic carbocycles. The molecule has 0 aromatic carbocycles. The number of thioether (sulfide) groups is 1. The number of halogens is 1. The Morgan fingerprint density at radius 3 is 2.26 bits per heavy atom. The van der Waals surface area contributed by atoms with Gasteiger partial charge in [0.15, 0.2) is 12.4 Å². The van der Waals surface area contributed by atoms with Crippen molar-refractivity contribution in [3.05, 3.63) is 34.6 Å². The van der Waals surface area contributed by atoms with E-state index in [-0.39, 0.29) is 23.0 Å². The van der Waals surface area contributed by atoms with Gasteiger partial charge in [0.2, 0.25) is 0 Å². The molecule has 0 bridgehead atoms. The van der Waals surface area contributed by atoms with Gasteiger partial charge in [-0.15, -0.1) is 0 Å². The van der Waals surface area contributed by atoms with Crippen molar-refractivity contribution in [2.75, 3.05) is 18.1 Å². The molecule has 0 aromatic rings. The van der Waals surface area contributed by atoms with Gasteiger partial charge < -0.3 is 20.7 Å². The van der Waals surface area contributed by atoms with Crippen LogP contribution in [-0.4, -0.2) is 52.1 Å². The Morgan fingerprint density at radius 2 is 1.81 bits per heavy atom. The van der Waals surface area contributed by atoms with E-state index in [1.54, 1.807) is 13.8 Å². The zero-order chi connectivity index (χ0) is 21.0. The summed E-state index contributed by atoms with van der Waals surface area (Å²) in [7, 11) is 0. The van der Waals surface area contributed by atoms with Crippen LogP contribution < -0.4 is 5.73 Å². The average molecular weight is 420 g/mol. The Bertz CT molecular complexity index is 625. The fourth-order valence-corrected chi connectivity index (χ4v) is 3.24. The molecule has 1 unspecified atom stereocenters. The quantitative estimate of drug-likeness (QED) is 0.236. The van der Waals surface area contributed by atoms with Crippen LogP contribution >= 0.6 is 23.4 Å². The molecule has 0 radical (unpaired) electrons. The van der Waals surface area contributed by atoms with Gasteiger partial charge in [-0.3, -0.25) is 9.59 Å². The van der Waals surface area contributed by atoms with Crippen LogP contribution in [0.3, 0.4) is 0 Å². The van der Waals surface area contributed by atoms with Gasteiger partial charge in [0.1, 0.15) is 11.8 Å². The summed E-state index contributed by atoms with van der Waals surface area (Å²) < 4.78 is 5.18. The van der Waals surface area contributed by atoms with E-state index in [1.807, 2.05) is 6.92 Å². The van der Waals surface area contributed by atoms with Crippen molar-refractivity contribution in [2.45, 2.75) is 33.2 Å². The number of ether oxygens (including phenoxy) is 1. The van der Waals surface area contributed by atoms with Gasteiger partial charge in [0.05, 0.1) is 0 Å². The van der Waals surface area contributed by atoms with E-state index in [4.69, 9.17) is 32.3 Å². The Kier molecular flexibility index (Phi) is 12.5. The minimum Gasteiger partial charge on any atom is -0.482 e. The van der Waals surface area contributed by atoms with E-state index in [9.17, 15) is 14.4 Å². The Morgan fingerprint density at radius 1 is 1.19 bits per heavy atom. The Hall–Kier alpha value is -1.77. The van der Waals surface area contributed by atoms with Crippen molar-refractivity contribution in [3.63, 3.8) is 0 Å². The lowest BCUT2D eigenvalue weighted by atomic mass is 9.97. The molecule has 0 saturated carbocycles. The number of hydrogen-bond acceptors (Lipinski definition) is 6. The second-order valence-electron chi connectivity index (χ2n) is 5.90. The number of carboxylic acid groups (broad SMARTS) is 2. The maximum absolute atomic E-state index is 12.6. The van der Waals surface area contributed by atoms with Gasteiger partial charge in [-0.25, -0.2) is 4.79 Å². The number of ketones is 1. The Balaban J connectivity index is 5.01. The topological polar surface area (TPSA) is 127 Å². The van der Waals surface area contributed by atoms with Crippen molar-refractivity contribution >= 4 is 41.1 Å². The largest absolute Gasteiger partial charge is 0.482 e. The molecule has 0 heterocycles. The first kappa shape index (κ1) is 25.2. The van der Waals surface area contributed by atoms with Gasteiger partial charge in [-0.05, 0) is 38.0 Å². The standard InChI is InChI=1S/C18H26ClNO6S/c1-4-12(9-27-10-14(20)18(24)25)17(23)13(7-19)5-6-15(11(2)3)26-8-16(21)22/h5-7,12,14H,4,8-10,20H2,1-3H3,(H,21,22)(H,24,25)/b6-5-,13-7-/t12?,14-/m0/s1. The van der Waals surface area contributed by atoms with Gasteiger partial charge in [0, 0.05) is 28.5 Å². The predicted molar refractivity (Wildman–Crippen MR) is 107 cm³/mol. The summed E-state index contributed by atoms with van der Waals surface area (Å²) >= 11 is 7.09. The third kappa shape index (κ3) is 10.2. The molecule has 2 atom stereocenters. The average Bonchev–Trinajstić information content (AvgIpc) is 2.60. The molecule has 27 heavy (non-hydrogen) atoms. The van der Waals surface area contributed by atoms with E-state index in [2.05, 4.69) is 0 Å². The first-order valence-corrected chi connectivity index (χ1v) is 9.83. The second-order valence-corrected chi connectivity index (χ2v) is 7.19. The van der Waals surface area contributed by atoms with Crippen LogP contribution in [-0.2, 0) is 19.1 Å². The highest BCUT2D eigenvalue weighted by Crippen LogP contribution is 2.20. The maximum atomic E-state index is 12.6. The number of carboxylic acids is 2. The number of aliphatic carboxylic acids is 2. The summed E-state index contributed by atoms with van der Waals surface area (Å²) in [5, 5.41) is 17.5. The van der Waals surface area contributed by atoms with Crippen LogP contribution in [0.15, 0.2) is 34.6 Å². The molecule has 0 aliphatic heterocycles. The maximum Gasteiger partial charge on any atom is 0.341 e. The highest BCUT2D eigenvalue weighted by atomic mass is 35.5. The third-order valence-electron chi connectivity index (χ3n) is 3.46. The van der Waals surface area contributed by atoms with Crippen LogP contribution in [0.1, 0.15) is 27.2 Å². The molecule has 0 saturated heterocycles. The molecule has 4 N–H and O–H groups in total. The molecule has 0 aromatic heterocycles. The molecular weight excluding hydrogens is 394 g/mol. The van der Waals surface area contributed by atoms with Gasteiger partial charge in [-0.1, -0.05) is 18.5 Å². The summed E-state index contributed by atoms with van der Waals surface area (Å²) in [6.45, 7) is 4.87. The molecular formula is C18H26ClNO6S. The molecule has 0 amide bonds. The monoisotopic (exact) mass is 419 g/mol. The van der Waals surface area contributed by atoms with E-state index >= 15 is 0 Å². The van der Waals surface area contributed by atoms with Crippen molar-refractivity contribution in [1.82, 2.24) is 0 Å². The number of carbonyl (C=O) groups excluding carboxylic acids is 1. The summed E-state index contributed by atoms with van der Waals surface area (Å²) in [4.78, 5) is 34.0. The molecule has 152 valence electrons. The van der Waals surface area contributed by atoms with Crippen LogP contribution in [0.2, 0.25) is 0 Å². The summed E-state index contributed by atoms with van der Waals surface area (Å²) in [5.41, 5.74) is 7.62. The van der Waals surface area contributed by atoms with Gasteiger partial charge in [-0.2, -0.15) is 11.8 Å². The normalized spacial score (nSPS) is 13.9. The number of nitrogens with two attached hydrogens (primary N) is 1. The first-order valence-electron chi connectivity index (χ1n) is 8.24. The first-order chi connectivity index (χ1) is 12.6. The molecule has 9 heteroatoms. The van der Waals surface area contributed by atoms with Crippen LogP contribution in [0.25, 0.3) is 0 Å². The van der Waals surface area contributed by atoms with Crippen molar-refractivity contribution in [2.24, 2.45) is 11.7 Å². The van der Waals surface area contributed by atoms with Crippen LogP contribution in [0, 0.1) is 5.92 Å². The van der Waals surface area contributed by atoms with E-state index in [0.717, 1.165) is 11.1 Å². The van der Waals surface area contributed by atoms with Crippen LogP contribution in [0.5, 0.6) is 0 Å². The molecule has 0 spiro atoms. The smallest absolute Gasteiger partial charge is 0.341 e. The molecule has 0 fully saturated rings. The highest BCUT2D eigenvalue weighted by molar-refractivity contribution is 7.99. The predicted octanol–water partition coefficient (Wildman–Crippen LogP) is 2.80. The molecule has 0 aliphatic rings. The summed E-state index contributed by atoms with van der Waals surface area (Å²) in [5.74, 6) is -1.75. The van der Waals surface area contributed by atoms with E-state index in [1.165, 1.54) is 23.9 Å². The van der Waals surface area contributed by atoms with Gasteiger partial charge >= 0.3 is 11.9 Å². The lowest BCUT2D eigenvalue weighted by Crippen LogP contribution is -2.33. The van der Waals surface area contributed by atoms with E-state index < -0.39 is 24.6 Å².